The fourth-order valence-electron chi connectivity index (χ4n) is 1.85. The Labute approximate surface area is 110 Å². The van der Waals surface area contributed by atoms with Gasteiger partial charge in [0.25, 0.3) is 5.69 Å². The Kier molecular flexibility index (Phi) is 4.19. The second kappa shape index (κ2) is 6.05. The third kappa shape index (κ3) is 3.35. The molecule has 7 heteroatoms. The summed E-state index contributed by atoms with van der Waals surface area (Å²) in [5.41, 5.74) is 7.11. The molecule has 0 saturated heterocycles. The van der Waals surface area contributed by atoms with Crippen molar-refractivity contribution in [3.63, 3.8) is 0 Å². The van der Waals surface area contributed by atoms with Gasteiger partial charge in [0.2, 0.25) is 0 Å². The fraction of sp³-hybridized carbons (Fsp3) is 0.333. The maximum absolute atomic E-state index is 10.9. The van der Waals surface area contributed by atoms with Crippen LogP contribution in [0.1, 0.15) is 11.3 Å². The van der Waals surface area contributed by atoms with Crippen LogP contribution in [0.5, 0.6) is 0 Å². The van der Waals surface area contributed by atoms with E-state index in [0.717, 1.165) is 5.69 Å². The second-order valence-corrected chi connectivity index (χ2v) is 4.15. The van der Waals surface area contributed by atoms with Gasteiger partial charge in [-0.25, -0.2) is 0 Å². The number of nitro benzene ring substituents is 1. The monoisotopic (exact) mass is 261 g/mol. The maximum atomic E-state index is 10.9. The minimum Gasteiger partial charge on any atom is -0.330 e. The Morgan fingerprint density at radius 2 is 2.11 bits per heavy atom. The Bertz CT molecular complexity index is 567. The lowest BCUT2D eigenvalue weighted by Gasteiger charge is -2.02. The lowest BCUT2D eigenvalue weighted by Crippen LogP contribution is -2.04. The van der Waals surface area contributed by atoms with Gasteiger partial charge in [0, 0.05) is 30.8 Å². The van der Waals surface area contributed by atoms with Gasteiger partial charge in [0.1, 0.15) is 0 Å². The highest BCUT2D eigenvalue weighted by Crippen LogP contribution is 2.18. The summed E-state index contributed by atoms with van der Waals surface area (Å²) in [4.78, 5) is 10.5. The van der Waals surface area contributed by atoms with E-state index in [4.69, 9.17) is 5.73 Å². The molecule has 2 aromatic rings. The van der Waals surface area contributed by atoms with Crippen LogP contribution >= 0.6 is 0 Å². The van der Waals surface area contributed by atoms with E-state index < -0.39 is 0 Å². The van der Waals surface area contributed by atoms with Crippen LogP contribution in [0.2, 0.25) is 0 Å². The molecule has 0 radical (unpaired) electrons. The van der Waals surface area contributed by atoms with Crippen molar-refractivity contribution < 1.29 is 4.92 Å². The first kappa shape index (κ1) is 13.2. The largest absolute Gasteiger partial charge is 0.330 e. The SMILES string of the molecule is NCCc1cn(CCc2ccccc2[N+](=O)[O-])nn1. The molecule has 0 bridgehead atoms. The zero-order chi connectivity index (χ0) is 13.7. The molecule has 0 amide bonds. The summed E-state index contributed by atoms with van der Waals surface area (Å²) in [5.74, 6) is 0. The van der Waals surface area contributed by atoms with Crippen LogP contribution in [0, 0.1) is 10.1 Å². The van der Waals surface area contributed by atoms with E-state index in [2.05, 4.69) is 10.3 Å². The molecule has 1 aromatic heterocycles. The molecule has 0 aliphatic carbocycles. The normalized spacial score (nSPS) is 10.6. The molecule has 1 aromatic carbocycles. The van der Waals surface area contributed by atoms with Gasteiger partial charge < -0.3 is 5.73 Å². The van der Waals surface area contributed by atoms with Crippen LogP contribution in [-0.2, 0) is 19.4 Å². The zero-order valence-electron chi connectivity index (χ0n) is 10.4. The lowest BCUT2D eigenvalue weighted by atomic mass is 10.1. The van der Waals surface area contributed by atoms with Crippen molar-refractivity contribution >= 4 is 5.69 Å². The number of hydrogen-bond acceptors (Lipinski definition) is 5. The Balaban J connectivity index is 2.03. The van der Waals surface area contributed by atoms with Crippen LogP contribution < -0.4 is 5.73 Å². The standard InChI is InChI=1S/C12H15N5O2/c13-7-5-11-9-16(15-14-11)8-6-10-3-1-2-4-12(10)17(18)19/h1-4,9H,5-8,13H2. The molecule has 0 aliphatic heterocycles. The van der Waals surface area contributed by atoms with Crippen LogP contribution in [0.4, 0.5) is 5.69 Å². The average molecular weight is 261 g/mol. The predicted octanol–water partition coefficient (Wildman–Crippen LogP) is 0.930. The topological polar surface area (TPSA) is 99.9 Å². The van der Waals surface area contributed by atoms with Gasteiger partial charge in [-0.3, -0.25) is 14.8 Å². The zero-order valence-corrected chi connectivity index (χ0v) is 10.4. The predicted molar refractivity (Wildman–Crippen MR) is 69.6 cm³/mol. The molecule has 0 atom stereocenters. The average Bonchev–Trinajstić information content (AvgIpc) is 2.85. The molecule has 0 spiro atoms. The van der Waals surface area contributed by atoms with Crippen molar-refractivity contribution in [1.82, 2.24) is 15.0 Å². The molecular weight excluding hydrogens is 246 g/mol. The number of benzene rings is 1. The summed E-state index contributed by atoms with van der Waals surface area (Å²) in [6, 6.07) is 6.73. The van der Waals surface area contributed by atoms with Crippen molar-refractivity contribution in [2.75, 3.05) is 6.54 Å². The Morgan fingerprint density at radius 3 is 2.84 bits per heavy atom. The van der Waals surface area contributed by atoms with E-state index in [9.17, 15) is 10.1 Å². The molecule has 19 heavy (non-hydrogen) atoms. The van der Waals surface area contributed by atoms with Crippen molar-refractivity contribution in [1.29, 1.82) is 0 Å². The quantitative estimate of drug-likeness (QED) is 0.616. The number of para-hydroxylation sites is 1. The first-order valence-electron chi connectivity index (χ1n) is 6.02. The van der Waals surface area contributed by atoms with Crippen LogP contribution in [0.3, 0.4) is 0 Å². The third-order valence-electron chi connectivity index (χ3n) is 2.79. The number of aromatic nitrogens is 3. The number of nitro groups is 1. The molecule has 0 saturated carbocycles. The van der Waals surface area contributed by atoms with Gasteiger partial charge in [-0.05, 0) is 13.0 Å². The van der Waals surface area contributed by atoms with Crippen molar-refractivity contribution in [3.8, 4) is 0 Å². The van der Waals surface area contributed by atoms with E-state index in [-0.39, 0.29) is 10.6 Å². The molecule has 1 heterocycles. The minimum atomic E-state index is -0.365. The third-order valence-corrected chi connectivity index (χ3v) is 2.79. The highest BCUT2D eigenvalue weighted by Gasteiger charge is 2.12. The van der Waals surface area contributed by atoms with Gasteiger partial charge in [0.05, 0.1) is 10.6 Å². The van der Waals surface area contributed by atoms with Crippen molar-refractivity contribution in [3.05, 3.63) is 51.8 Å². The molecule has 0 unspecified atom stereocenters. The lowest BCUT2D eigenvalue weighted by molar-refractivity contribution is -0.385. The molecular formula is C12H15N5O2. The number of aryl methyl sites for hydroxylation is 2. The molecule has 2 rings (SSSR count). The maximum Gasteiger partial charge on any atom is 0.272 e. The van der Waals surface area contributed by atoms with E-state index >= 15 is 0 Å². The van der Waals surface area contributed by atoms with Gasteiger partial charge in [-0.1, -0.05) is 23.4 Å². The minimum absolute atomic E-state index is 0.143. The van der Waals surface area contributed by atoms with E-state index in [0.29, 0.717) is 31.5 Å². The van der Waals surface area contributed by atoms with Crippen LogP contribution in [0.15, 0.2) is 30.5 Å². The van der Waals surface area contributed by atoms with Gasteiger partial charge in [0.15, 0.2) is 0 Å². The van der Waals surface area contributed by atoms with Crippen LogP contribution in [0.25, 0.3) is 0 Å². The highest BCUT2D eigenvalue weighted by molar-refractivity contribution is 5.39. The first-order valence-corrected chi connectivity index (χ1v) is 6.02. The summed E-state index contributed by atoms with van der Waals surface area (Å²) < 4.78 is 1.68. The van der Waals surface area contributed by atoms with E-state index in [1.54, 1.807) is 22.9 Å². The first-order chi connectivity index (χ1) is 9.20. The summed E-state index contributed by atoms with van der Waals surface area (Å²) in [7, 11) is 0. The van der Waals surface area contributed by atoms with Gasteiger partial charge in [-0.2, -0.15) is 0 Å². The number of nitrogens with two attached hydrogens (primary N) is 1. The van der Waals surface area contributed by atoms with E-state index in [1.165, 1.54) is 6.07 Å². The summed E-state index contributed by atoms with van der Waals surface area (Å²) >= 11 is 0. The van der Waals surface area contributed by atoms with Crippen molar-refractivity contribution in [2.45, 2.75) is 19.4 Å². The summed E-state index contributed by atoms with van der Waals surface area (Å²) in [6.45, 7) is 1.09. The van der Waals surface area contributed by atoms with E-state index in [1.807, 2.05) is 6.20 Å². The highest BCUT2D eigenvalue weighted by atomic mass is 16.6. The number of rotatable bonds is 6. The Morgan fingerprint density at radius 1 is 1.32 bits per heavy atom. The summed E-state index contributed by atoms with van der Waals surface area (Å²) in [5, 5.41) is 18.8. The summed E-state index contributed by atoms with van der Waals surface area (Å²) in [6.07, 6.45) is 3.05. The molecule has 7 nitrogen and oxygen atoms in total. The number of hydrogen-bond donors (Lipinski definition) is 1. The molecule has 0 aliphatic rings. The van der Waals surface area contributed by atoms with Crippen molar-refractivity contribution in [2.24, 2.45) is 5.73 Å². The van der Waals surface area contributed by atoms with Gasteiger partial charge >= 0.3 is 0 Å². The van der Waals surface area contributed by atoms with Gasteiger partial charge in [-0.15, -0.1) is 5.10 Å². The van der Waals surface area contributed by atoms with Crippen LogP contribution in [-0.4, -0.2) is 26.5 Å². The fourth-order valence-corrected chi connectivity index (χ4v) is 1.85. The molecule has 2 N–H and O–H groups in total. The second-order valence-electron chi connectivity index (χ2n) is 4.15. The molecule has 0 fully saturated rings. The Hall–Kier alpha value is -2.28. The number of nitrogens with zero attached hydrogens (tertiary/aromatic N) is 4. The molecule has 100 valence electrons. The smallest absolute Gasteiger partial charge is 0.272 e.